The van der Waals surface area contributed by atoms with Crippen LogP contribution in [0.1, 0.15) is 26.7 Å². The Morgan fingerprint density at radius 1 is 1.18 bits per heavy atom. The van der Waals surface area contributed by atoms with Gasteiger partial charge in [0.2, 0.25) is 11.8 Å². The number of benzene rings is 1. The van der Waals surface area contributed by atoms with Gasteiger partial charge >= 0.3 is 6.01 Å². The number of nitrogens with zero attached hydrogens (tertiary/aromatic N) is 3. The Kier molecular flexibility index (Phi) is 6.40. The third-order valence-electron chi connectivity index (χ3n) is 5.25. The van der Waals surface area contributed by atoms with Crippen LogP contribution in [-0.2, 0) is 24.7 Å². The molecule has 1 atom stereocenters. The molecule has 0 saturated carbocycles. The van der Waals surface area contributed by atoms with Crippen molar-refractivity contribution >= 4 is 43.1 Å². The van der Waals surface area contributed by atoms with E-state index >= 15 is 0 Å². The Balaban J connectivity index is 1.52. The van der Waals surface area contributed by atoms with Crippen molar-refractivity contribution in [3.8, 4) is 11.5 Å². The molecule has 4 rings (SSSR count). The van der Waals surface area contributed by atoms with Crippen LogP contribution in [0.5, 0.6) is 0 Å². The van der Waals surface area contributed by atoms with Crippen LogP contribution in [0.4, 0.5) is 6.01 Å². The molecule has 0 aliphatic carbocycles. The lowest BCUT2D eigenvalue weighted by atomic mass is 10.2. The number of aromatic nitrogens is 2. The van der Waals surface area contributed by atoms with E-state index in [4.69, 9.17) is 4.42 Å². The molecular weight excluding hydrogens is 488 g/mol. The Morgan fingerprint density at radius 2 is 1.97 bits per heavy atom. The van der Waals surface area contributed by atoms with Gasteiger partial charge in [0.25, 0.3) is 10.0 Å². The molecule has 1 N–H and O–H groups in total. The quantitative estimate of drug-likeness (QED) is 0.512. The first-order valence-electron chi connectivity index (χ1n) is 10.1. The van der Waals surface area contributed by atoms with E-state index in [1.807, 2.05) is 0 Å². The summed E-state index contributed by atoms with van der Waals surface area (Å²) in [5.41, 5.74) is 0.382. The number of sulfone groups is 1. The van der Waals surface area contributed by atoms with Gasteiger partial charge in [-0.15, -0.1) is 16.4 Å². The van der Waals surface area contributed by atoms with Gasteiger partial charge in [-0.05, 0) is 56.3 Å². The van der Waals surface area contributed by atoms with Crippen LogP contribution in [0.25, 0.3) is 11.5 Å². The minimum absolute atomic E-state index is 0.0283. The molecule has 1 aromatic carbocycles. The number of carbonyl (C=O) groups excluding carboxylic acids is 1. The minimum Gasteiger partial charge on any atom is -0.403 e. The number of sulfonamides is 1. The molecular formula is C20H22N4O6S3. The highest BCUT2D eigenvalue weighted by atomic mass is 32.2. The van der Waals surface area contributed by atoms with Crippen LogP contribution in [0.2, 0.25) is 0 Å². The van der Waals surface area contributed by atoms with Crippen molar-refractivity contribution in [3.63, 3.8) is 0 Å². The lowest BCUT2D eigenvalue weighted by Crippen LogP contribution is -2.42. The smallest absolute Gasteiger partial charge is 0.322 e. The number of hydrogen-bond acceptors (Lipinski definition) is 9. The highest BCUT2D eigenvalue weighted by Crippen LogP contribution is 2.30. The first kappa shape index (κ1) is 23.5. The summed E-state index contributed by atoms with van der Waals surface area (Å²) in [6.45, 7) is 3.42. The normalized spacial score (nSPS) is 17.5. The average Bonchev–Trinajstić information content (AvgIpc) is 3.55. The lowest BCUT2D eigenvalue weighted by Gasteiger charge is -2.21. The number of anilines is 1. The maximum absolute atomic E-state index is 12.9. The molecule has 2 aromatic heterocycles. The van der Waals surface area contributed by atoms with Crippen molar-refractivity contribution in [1.82, 2.24) is 14.5 Å². The summed E-state index contributed by atoms with van der Waals surface area (Å²) in [5.74, 6) is -0.542. The molecule has 13 heteroatoms. The molecule has 1 unspecified atom stereocenters. The van der Waals surface area contributed by atoms with E-state index in [0.717, 1.165) is 11.3 Å². The first-order valence-corrected chi connectivity index (χ1v) is 14.0. The predicted octanol–water partition coefficient (Wildman–Crippen LogP) is 2.77. The standard InChI is InChI=1S/C20H22N4O6S3/c1-13(2)32(26,27)15-7-3-6-14(12-15)19-22-23-20(30-19)21-18(25)16-8-4-10-24(16)33(28,29)17-9-5-11-31-17/h3,5-7,9,11-13,16H,4,8,10H2,1-2H3,(H,21,23,25). The lowest BCUT2D eigenvalue weighted by molar-refractivity contribution is -0.119. The summed E-state index contributed by atoms with van der Waals surface area (Å²) < 4.78 is 57.5. The van der Waals surface area contributed by atoms with E-state index in [2.05, 4.69) is 15.5 Å². The largest absolute Gasteiger partial charge is 0.403 e. The van der Waals surface area contributed by atoms with E-state index in [1.165, 1.54) is 22.5 Å². The monoisotopic (exact) mass is 510 g/mol. The second kappa shape index (κ2) is 8.97. The fourth-order valence-electron chi connectivity index (χ4n) is 3.47. The summed E-state index contributed by atoms with van der Waals surface area (Å²) >= 11 is 1.09. The summed E-state index contributed by atoms with van der Waals surface area (Å²) in [6.07, 6.45) is 0.918. The van der Waals surface area contributed by atoms with Gasteiger partial charge in [0.1, 0.15) is 10.3 Å². The van der Waals surface area contributed by atoms with Crippen LogP contribution >= 0.6 is 11.3 Å². The van der Waals surface area contributed by atoms with Crippen molar-refractivity contribution in [1.29, 1.82) is 0 Å². The van der Waals surface area contributed by atoms with Crippen molar-refractivity contribution in [2.24, 2.45) is 0 Å². The zero-order valence-corrected chi connectivity index (χ0v) is 20.3. The van der Waals surface area contributed by atoms with Crippen LogP contribution in [-0.4, -0.2) is 55.1 Å². The van der Waals surface area contributed by atoms with Gasteiger partial charge in [0.05, 0.1) is 10.1 Å². The maximum atomic E-state index is 12.9. The summed E-state index contributed by atoms with van der Waals surface area (Å²) in [6, 6.07) is 8.15. The van der Waals surface area contributed by atoms with Gasteiger partial charge in [-0.1, -0.05) is 17.2 Å². The van der Waals surface area contributed by atoms with E-state index < -0.39 is 37.1 Å². The second-order valence-electron chi connectivity index (χ2n) is 7.73. The SMILES string of the molecule is CC(C)S(=O)(=O)c1cccc(-c2nnc(NC(=O)C3CCCN3S(=O)(=O)c3cccs3)o2)c1. The Bertz CT molecular complexity index is 1360. The molecule has 1 fully saturated rings. The number of thiophene rings is 1. The van der Waals surface area contributed by atoms with Crippen LogP contribution in [0.15, 0.2) is 55.3 Å². The third kappa shape index (κ3) is 4.58. The molecule has 33 heavy (non-hydrogen) atoms. The molecule has 0 radical (unpaired) electrons. The highest BCUT2D eigenvalue weighted by molar-refractivity contribution is 7.92. The van der Waals surface area contributed by atoms with Crippen LogP contribution in [0.3, 0.4) is 0 Å². The predicted molar refractivity (Wildman–Crippen MR) is 122 cm³/mol. The summed E-state index contributed by atoms with van der Waals surface area (Å²) in [4.78, 5) is 13.0. The number of hydrogen-bond donors (Lipinski definition) is 1. The Hall–Kier alpha value is -2.61. The zero-order chi connectivity index (χ0) is 23.8. The van der Waals surface area contributed by atoms with Gasteiger partial charge in [0.15, 0.2) is 9.84 Å². The molecule has 176 valence electrons. The number of rotatable bonds is 7. The Labute approximate surface area is 195 Å². The zero-order valence-electron chi connectivity index (χ0n) is 17.8. The minimum atomic E-state index is -3.78. The highest BCUT2D eigenvalue weighted by Gasteiger charge is 2.40. The van der Waals surface area contributed by atoms with Crippen molar-refractivity contribution in [2.75, 3.05) is 11.9 Å². The van der Waals surface area contributed by atoms with E-state index in [1.54, 1.807) is 37.4 Å². The maximum Gasteiger partial charge on any atom is 0.322 e. The molecule has 3 aromatic rings. The summed E-state index contributed by atoms with van der Waals surface area (Å²) in [7, 11) is -7.27. The van der Waals surface area contributed by atoms with Crippen molar-refractivity contribution < 1.29 is 26.0 Å². The molecule has 1 saturated heterocycles. The molecule has 0 bridgehead atoms. The van der Waals surface area contributed by atoms with Crippen molar-refractivity contribution in [2.45, 2.75) is 47.1 Å². The average molecular weight is 511 g/mol. The third-order valence-corrected chi connectivity index (χ3v) is 10.7. The molecule has 1 aliphatic rings. The van der Waals surface area contributed by atoms with E-state index in [-0.39, 0.29) is 27.6 Å². The topological polar surface area (TPSA) is 140 Å². The second-order valence-corrected chi connectivity index (χ2v) is 13.3. The molecule has 3 heterocycles. The molecule has 1 amide bonds. The molecule has 10 nitrogen and oxygen atoms in total. The van der Waals surface area contributed by atoms with Gasteiger partial charge in [-0.25, -0.2) is 16.8 Å². The fraction of sp³-hybridized carbons (Fsp3) is 0.350. The van der Waals surface area contributed by atoms with Crippen LogP contribution in [0, 0.1) is 0 Å². The Morgan fingerprint density at radius 3 is 2.67 bits per heavy atom. The first-order chi connectivity index (χ1) is 15.6. The number of nitrogens with one attached hydrogen (secondary N) is 1. The number of amides is 1. The van der Waals surface area contributed by atoms with E-state index in [9.17, 15) is 21.6 Å². The van der Waals surface area contributed by atoms with Gasteiger partial charge in [-0.2, -0.15) is 4.31 Å². The van der Waals surface area contributed by atoms with Crippen molar-refractivity contribution in [3.05, 3.63) is 41.8 Å². The molecule has 0 spiro atoms. The summed E-state index contributed by atoms with van der Waals surface area (Å²) in [5, 5.41) is 11.2. The molecule has 1 aliphatic heterocycles. The van der Waals surface area contributed by atoms with E-state index in [0.29, 0.717) is 18.4 Å². The number of carbonyl (C=O) groups is 1. The van der Waals surface area contributed by atoms with Crippen LogP contribution < -0.4 is 5.32 Å². The fourth-order valence-corrected chi connectivity index (χ4v) is 7.35. The van der Waals surface area contributed by atoms with Gasteiger partial charge < -0.3 is 4.42 Å². The van der Waals surface area contributed by atoms with Gasteiger partial charge in [0, 0.05) is 12.1 Å². The van der Waals surface area contributed by atoms with Gasteiger partial charge in [-0.3, -0.25) is 10.1 Å².